The minimum absolute atomic E-state index is 0.0706. The number of nitrogens with zero attached hydrogens (tertiary/aromatic N) is 5. The lowest BCUT2D eigenvalue weighted by Crippen LogP contribution is -2.54. The molecule has 1 amide bonds. The molecule has 6 rings (SSSR count). The Labute approximate surface area is 267 Å². The lowest BCUT2D eigenvalue weighted by atomic mass is 9.95. The molecule has 14 heteroatoms. The second-order valence-electron chi connectivity index (χ2n) is 12.2. The van der Waals surface area contributed by atoms with Crippen LogP contribution in [-0.4, -0.2) is 70.1 Å². The van der Waals surface area contributed by atoms with Gasteiger partial charge in [0, 0.05) is 44.3 Å². The second-order valence-corrected chi connectivity index (χ2v) is 12.2. The lowest BCUT2D eigenvalue weighted by molar-refractivity contribution is -0.126. The first-order valence-electron chi connectivity index (χ1n) is 15.3. The molecule has 0 aliphatic carbocycles. The fourth-order valence-electron chi connectivity index (χ4n) is 6.37. The van der Waals surface area contributed by atoms with E-state index in [0.717, 1.165) is 16.7 Å². The third-order valence-electron chi connectivity index (χ3n) is 8.67. The van der Waals surface area contributed by atoms with E-state index in [0.29, 0.717) is 23.9 Å². The molecule has 1 N–H and O–H groups in total. The number of fused-ring (bicyclic) bond motifs is 5. The summed E-state index contributed by atoms with van der Waals surface area (Å²) in [5.41, 5.74) is -1.32. The van der Waals surface area contributed by atoms with Crippen LogP contribution >= 0.6 is 0 Å². The summed E-state index contributed by atoms with van der Waals surface area (Å²) in [6.07, 6.45) is 1.94. The van der Waals surface area contributed by atoms with E-state index in [4.69, 9.17) is 4.74 Å². The van der Waals surface area contributed by atoms with Crippen LogP contribution < -0.4 is 20.6 Å². The minimum atomic E-state index is -3.50. The average molecular weight is 657 g/mol. The van der Waals surface area contributed by atoms with Gasteiger partial charge in [-0.25, -0.2) is 36.3 Å². The van der Waals surface area contributed by atoms with Gasteiger partial charge in [0.2, 0.25) is 5.91 Å². The fraction of sp³-hybridized carbons (Fsp3) is 0.394. The normalized spacial score (nSPS) is 19.6. The number of alkyl halides is 2. The van der Waals surface area contributed by atoms with E-state index in [-0.39, 0.29) is 66.5 Å². The third-order valence-corrected chi connectivity index (χ3v) is 8.67. The van der Waals surface area contributed by atoms with Crippen molar-refractivity contribution >= 4 is 28.5 Å². The van der Waals surface area contributed by atoms with E-state index < -0.39 is 59.1 Å². The molecule has 0 spiro atoms. The number of aromatic nitrogens is 3. The number of hydrogen-bond donors (Lipinski definition) is 1. The molecule has 248 valence electrons. The van der Waals surface area contributed by atoms with Gasteiger partial charge in [0.25, 0.3) is 5.92 Å². The van der Waals surface area contributed by atoms with Gasteiger partial charge in [-0.1, -0.05) is 26.5 Å². The number of amides is 1. The van der Waals surface area contributed by atoms with Gasteiger partial charge < -0.3 is 19.9 Å². The first-order chi connectivity index (χ1) is 22.3. The Hall–Kier alpha value is -4.75. The summed E-state index contributed by atoms with van der Waals surface area (Å²) in [6.45, 7) is 8.81. The molecule has 3 aliphatic rings. The van der Waals surface area contributed by atoms with Gasteiger partial charge in [0.05, 0.1) is 16.6 Å². The lowest BCUT2D eigenvalue weighted by Gasteiger charge is -2.40. The predicted octanol–water partition coefficient (Wildman–Crippen LogP) is 5.26. The predicted molar refractivity (Wildman–Crippen MR) is 167 cm³/mol. The van der Waals surface area contributed by atoms with Gasteiger partial charge in [-0.05, 0) is 49.1 Å². The van der Waals surface area contributed by atoms with Crippen molar-refractivity contribution in [2.75, 3.05) is 37.7 Å². The highest BCUT2D eigenvalue weighted by atomic mass is 19.3. The van der Waals surface area contributed by atoms with Gasteiger partial charge in [-0.15, -0.1) is 0 Å². The quantitative estimate of drug-likeness (QED) is 0.304. The van der Waals surface area contributed by atoms with Crippen LogP contribution in [0.3, 0.4) is 0 Å². The maximum absolute atomic E-state index is 16.2. The van der Waals surface area contributed by atoms with E-state index >= 15 is 22.0 Å². The van der Waals surface area contributed by atoms with E-state index in [1.54, 1.807) is 15.9 Å². The average Bonchev–Trinajstić information content (AvgIpc) is 3.04. The minimum Gasteiger partial charge on any atom is -0.483 e. The number of ether oxygens (including phenoxy) is 1. The van der Waals surface area contributed by atoms with Crippen LogP contribution in [0, 0.1) is 23.4 Å². The number of carbonyl (C=O) groups is 1. The summed E-state index contributed by atoms with van der Waals surface area (Å²) < 4.78 is 83.6. The number of hydrogen-bond acceptors (Lipinski definition) is 7. The Morgan fingerprint density at radius 3 is 2.60 bits per heavy atom. The Kier molecular flexibility index (Phi) is 8.30. The second kappa shape index (κ2) is 12.1. The third kappa shape index (κ3) is 5.74. The molecule has 3 aromatic rings. The molecule has 1 saturated heterocycles. The summed E-state index contributed by atoms with van der Waals surface area (Å²) in [4.78, 5) is 38.7. The van der Waals surface area contributed by atoms with E-state index in [9.17, 15) is 9.59 Å². The molecule has 1 aromatic carbocycles. The number of benzene rings is 1. The van der Waals surface area contributed by atoms with Crippen molar-refractivity contribution in [2.24, 2.45) is 5.92 Å². The van der Waals surface area contributed by atoms with Crippen molar-refractivity contribution in [3.05, 3.63) is 76.1 Å². The standard InChI is InChI=1S/C33H33F5N6O3/c1-5-24(45)42-12-13-43(18(4)15-42)30-20-14-23(36)27-25-21(34)6-7-22(35)29(25)47-16-33(37,38)10-8-19-9-11-39-26(17(2)3)28(19)44(31(20)40-27)32(46)41-30/h5-7,9,14,17-18,39H,1,8,10-13,15-16H2,2-4H3. The molecule has 0 saturated carbocycles. The zero-order valence-electron chi connectivity index (χ0n) is 26.0. The van der Waals surface area contributed by atoms with Crippen molar-refractivity contribution in [3.8, 4) is 17.0 Å². The Morgan fingerprint density at radius 2 is 1.89 bits per heavy atom. The SMILES string of the molecule is C=CC(=O)N1CCN(c2nc(=O)n3c4nc(c(F)cc24)-c2c(F)ccc(F)c2OCC(F)(F)CCC2=CCNC(C(C)C)=C23)C(C)C1. The van der Waals surface area contributed by atoms with Crippen molar-refractivity contribution < 1.29 is 31.5 Å². The Balaban J connectivity index is 1.69. The maximum atomic E-state index is 16.2. The molecule has 1 atom stereocenters. The van der Waals surface area contributed by atoms with Crippen LogP contribution in [0.5, 0.6) is 5.75 Å². The summed E-state index contributed by atoms with van der Waals surface area (Å²) in [6, 6.07) is 2.07. The number of anilines is 1. The molecule has 47 heavy (non-hydrogen) atoms. The molecule has 2 aromatic heterocycles. The number of pyridine rings is 1. The molecular formula is C33H33F5N6O3. The van der Waals surface area contributed by atoms with E-state index in [2.05, 4.69) is 21.9 Å². The molecule has 1 unspecified atom stereocenters. The smallest absolute Gasteiger partial charge is 0.355 e. The highest BCUT2D eigenvalue weighted by molar-refractivity contribution is 5.93. The summed E-state index contributed by atoms with van der Waals surface area (Å²) >= 11 is 0. The van der Waals surface area contributed by atoms with Gasteiger partial charge in [0.1, 0.15) is 17.3 Å². The van der Waals surface area contributed by atoms with Gasteiger partial charge in [-0.2, -0.15) is 4.98 Å². The van der Waals surface area contributed by atoms with Crippen LogP contribution in [0.15, 0.2) is 53.0 Å². The van der Waals surface area contributed by atoms with E-state index in [1.807, 2.05) is 20.8 Å². The van der Waals surface area contributed by atoms with E-state index in [1.165, 1.54) is 6.08 Å². The monoisotopic (exact) mass is 656 g/mol. The number of dihydropyridines is 1. The Morgan fingerprint density at radius 1 is 1.15 bits per heavy atom. The number of halogens is 5. The topological polar surface area (TPSA) is 92.6 Å². The highest BCUT2D eigenvalue weighted by Crippen LogP contribution is 2.41. The van der Waals surface area contributed by atoms with Gasteiger partial charge >= 0.3 is 5.69 Å². The first-order valence-corrected chi connectivity index (χ1v) is 15.3. The number of piperazine rings is 1. The molecule has 3 aliphatic heterocycles. The molecule has 0 radical (unpaired) electrons. The van der Waals surface area contributed by atoms with Crippen LogP contribution in [0.2, 0.25) is 0 Å². The highest BCUT2D eigenvalue weighted by Gasteiger charge is 2.36. The summed E-state index contributed by atoms with van der Waals surface area (Å²) in [5.74, 6) is -8.31. The van der Waals surface area contributed by atoms with Gasteiger partial charge in [-0.3, -0.25) is 4.79 Å². The van der Waals surface area contributed by atoms with Crippen molar-refractivity contribution in [2.45, 2.75) is 45.6 Å². The first kappa shape index (κ1) is 32.2. The number of allylic oxidation sites excluding steroid dienone is 3. The molecule has 2 bridgehead atoms. The summed E-state index contributed by atoms with van der Waals surface area (Å²) in [7, 11) is 0. The van der Waals surface area contributed by atoms with Crippen LogP contribution in [0.25, 0.3) is 28.0 Å². The fourth-order valence-corrected chi connectivity index (χ4v) is 6.37. The van der Waals surface area contributed by atoms with Crippen molar-refractivity contribution in [3.63, 3.8) is 0 Å². The number of rotatable bonds is 3. The molecule has 1 fully saturated rings. The van der Waals surface area contributed by atoms with Crippen LogP contribution in [0.4, 0.5) is 27.8 Å². The van der Waals surface area contributed by atoms with Crippen molar-refractivity contribution in [1.82, 2.24) is 24.8 Å². The molecular weight excluding hydrogens is 623 g/mol. The number of carbonyl (C=O) groups excluding carboxylic acids is 1. The molecule has 9 nitrogen and oxygen atoms in total. The largest absolute Gasteiger partial charge is 0.483 e. The van der Waals surface area contributed by atoms with Crippen molar-refractivity contribution in [1.29, 1.82) is 0 Å². The van der Waals surface area contributed by atoms with Crippen LogP contribution in [0.1, 0.15) is 33.6 Å². The maximum Gasteiger partial charge on any atom is 0.355 e. The van der Waals surface area contributed by atoms with Crippen LogP contribution in [-0.2, 0) is 4.79 Å². The Bertz CT molecular complexity index is 1920. The summed E-state index contributed by atoms with van der Waals surface area (Å²) in [5, 5.41) is 3.30. The van der Waals surface area contributed by atoms with Gasteiger partial charge in [0.15, 0.2) is 29.6 Å². The molecule has 5 heterocycles. The zero-order chi connectivity index (χ0) is 33.8. The number of nitrogens with one attached hydrogen (secondary N) is 1. The zero-order valence-corrected chi connectivity index (χ0v) is 26.0.